The van der Waals surface area contributed by atoms with Gasteiger partial charge < -0.3 is 10.1 Å². The molecule has 0 spiro atoms. The monoisotopic (exact) mass is 341 g/mol. The van der Waals surface area contributed by atoms with Crippen molar-refractivity contribution in [3.63, 3.8) is 0 Å². The number of thiophene rings is 1. The fraction of sp³-hybridized carbons (Fsp3) is 0.267. The van der Waals surface area contributed by atoms with Gasteiger partial charge in [-0.2, -0.15) is 0 Å². The number of hydrogen-bond donors (Lipinski definition) is 1. The summed E-state index contributed by atoms with van der Waals surface area (Å²) in [5.74, 6) is 1.20. The van der Waals surface area contributed by atoms with Crippen molar-refractivity contribution in [3.8, 4) is 5.75 Å². The van der Waals surface area contributed by atoms with E-state index in [2.05, 4.69) is 5.32 Å². The molecule has 1 amide bonds. The SMILES string of the molecule is COc1ccc(SCC(=O)NC(C)c2ccc(Cl)s2)cc1. The van der Waals surface area contributed by atoms with E-state index in [1.54, 1.807) is 7.11 Å². The van der Waals surface area contributed by atoms with Crippen LogP contribution in [0.2, 0.25) is 4.34 Å². The summed E-state index contributed by atoms with van der Waals surface area (Å²) in [4.78, 5) is 14.0. The smallest absolute Gasteiger partial charge is 0.230 e. The summed E-state index contributed by atoms with van der Waals surface area (Å²) in [5, 5.41) is 2.97. The molecule has 0 bridgehead atoms. The number of methoxy groups -OCH3 is 1. The highest BCUT2D eigenvalue weighted by atomic mass is 35.5. The first kappa shape index (κ1) is 16.2. The molecule has 0 aliphatic carbocycles. The first-order valence-corrected chi connectivity index (χ1v) is 8.58. The van der Waals surface area contributed by atoms with Gasteiger partial charge in [-0.05, 0) is 43.3 Å². The Morgan fingerprint density at radius 2 is 2.05 bits per heavy atom. The Kier molecular flexibility index (Phi) is 5.96. The van der Waals surface area contributed by atoms with Crippen molar-refractivity contribution in [1.82, 2.24) is 5.32 Å². The highest BCUT2D eigenvalue weighted by molar-refractivity contribution is 8.00. The summed E-state index contributed by atoms with van der Waals surface area (Å²) in [6, 6.07) is 11.4. The maximum atomic E-state index is 11.9. The molecule has 21 heavy (non-hydrogen) atoms. The lowest BCUT2D eigenvalue weighted by molar-refractivity contribution is -0.119. The number of benzene rings is 1. The second-order valence-corrected chi connectivity index (χ2v) is 7.19. The van der Waals surface area contributed by atoms with Gasteiger partial charge in [0.05, 0.1) is 23.2 Å². The van der Waals surface area contributed by atoms with E-state index < -0.39 is 0 Å². The Hall–Kier alpha value is -1.17. The third-order valence-electron chi connectivity index (χ3n) is 2.83. The standard InChI is InChI=1S/C15H16ClNO2S2/c1-10(13-7-8-14(16)21-13)17-15(18)9-20-12-5-3-11(19-2)4-6-12/h3-8,10H,9H2,1-2H3,(H,17,18). The van der Waals surface area contributed by atoms with E-state index in [-0.39, 0.29) is 11.9 Å². The minimum atomic E-state index is -0.0218. The first-order chi connectivity index (χ1) is 10.1. The van der Waals surface area contributed by atoms with Crippen LogP contribution in [0.5, 0.6) is 5.75 Å². The van der Waals surface area contributed by atoms with Crippen LogP contribution >= 0.6 is 34.7 Å². The minimum Gasteiger partial charge on any atom is -0.497 e. The number of carbonyl (C=O) groups excluding carboxylic acids is 1. The molecule has 6 heteroatoms. The van der Waals surface area contributed by atoms with E-state index in [0.29, 0.717) is 5.75 Å². The minimum absolute atomic E-state index is 0.00726. The van der Waals surface area contributed by atoms with Crippen LogP contribution in [0.3, 0.4) is 0 Å². The van der Waals surface area contributed by atoms with Gasteiger partial charge in [0.1, 0.15) is 5.75 Å². The largest absolute Gasteiger partial charge is 0.497 e. The lowest BCUT2D eigenvalue weighted by Gasteiger charge is -2.12. The quantitative estimate of drug-likeness (QED) is 0.792. The number of rotatable bonds is 6. The average Bonchev–Trinajstić information content (AvgIpc) is 2.92. The van der Waals surface area contributed by atoms with Gasteiger partial charge in [0.25, 0.3) is 0 Å². The highest BCUT2D eigenvalue weighted by Crippen LogP contribution is 2.27. The second kappa shape index (κ2) is 7.73. The summed E-state index contributed by atoms with van der Waals surface area (Å²) in [5.41, 5.74) is 0. The molecule has 1 aromatic carbocycles. The first-order valence-electron chi connectivity index (χ1n) is 6.40. The van der Waals surface area contributed by atoms with E-state index in [1.807, 2.05) is 43.3 Å². The fourth-order valence-corrected chi connectivity index (χ4v) is 3.51. The Morgan fingerprint density at radius 3 is 2.62 bits per heavy atom. The molecule has 0 radical (unpaired) electrons. The van der Waals surface area contributed by atoms with E-state index in [9.17, 15) is 4.79 Å². The molecule has 0 aliphatic heterocycles. The molecule has 0 saturated carbocycles. The van der Waals surface area contributed by atoms with Crippen molar-refractivity contribution < 1.29 is 9.53 Å². The van der Waals surface area contributed by atoms with Crippen molar-refractivity contribution in [1.29, 1.82) is 0 Å². The number of halogens is 1. The summed E-state index contributed by atoms with van der Waals surface area (Å²) in [6.07, 6.45) is 0. The second-order valence-electron chi connectivity index (χ2n) is 4.40. The maximum absolute atomic E-state index is 11.9. The topological polar surface area (TPSA) is 38.3 Å². The van der Waals surface area contributed by atoms with Gasteiger partial charge in [-0.15, -0.1) is 23.1 Å². The van der Waals surface area contributed by atoms with Gasteiger partial charge >= 0.3 is 0 Å². The molecule has 2 rings (SSSR count). The zero-order valence-electron chi connectivity index (χ0n) is 11.8. The normalized spacial score (nSPS) is 12.0. The van der Waals surface area contributed by atoms with Crippen LogP contribution in [0.25, 0.3) is 0 Å². The van der Waals surface area contributed by atoms with Crippen LogP contribution in [0.4, 0.5) is 0 Å². The molecule has 1 N–H and O–H groups in total. The molecule has 2 aromatic rings. The summed E-state index contributed by atoms with van der Waals surface area (Å²) in [6.45, 7) is 1.96. The zero-order valence-corrected chi connectivity index (χ0v) is 14.1. The predicted octanol–water partition coefficient (Wildman–Crippen LogP) is 4.38. The number of nitrogens with one attached hydrogen (secondary N) is 1. The number of ether oxygens (including phenoxy) is 1. The molecule has 112 valence electrons. The summed E-state index contributed by atoms with van der Waals surface area (Å²) >= 11 is 8.88. The Labute approximate surface area is 137 Å². The Morgan fingerprint density at radius 1 is 1.33 bits per heavy atom. The van der Waals surface area contributed by atoms with Gasteiger partial charge in [0.2, 0.25) is 5.91 Å². The van der Waals surface area contributed by atoms with Gasteiger partial charge in [0, 0.05) is 9.77 Å². The van der Waals surface area contributed by atoms with Crippen LogP contribution in [-0.2, 0) is 4.79 Å². The Balaban J connectivity index is 1.81. The maximum Gasteiger partial charge on any atom is 0.230 e. The average molecular weight is 342 g/mol. The van der Waals surface area contributed by atoms with Crippen molar-refractivity contribution in [2.45, 2.75) is 17.9 Å². The number of amides is 1. The third-order valence-corrected chi connectivity index (χ3v) is 5.25. The molecular weight excluding hydrogens is 326 g/mol. The van der Waals surface area contributed by atoms with Crippen LogP contribution in [-0.4, -0.2) is 18.8 Å². The van der Waals surface area contributed by atoms with Crippen LogP contribution in [0, 0.1) is 0 Å². The third kappa shape index (κ3) is 4.95. The van der Waals surface area contributed by atoms with Crippen molar-refractivity contribution in [2.75, 3.05) is 12.9 Å². The molecule has 0 fully saturated rings. The van der Waals surface area contributed by atoms with Gasteiger partial charge in [-0.3, -0.25) is 4.79 Å². The lowest BCUT2D eigenvalue weighted by Crippen LogP contribution is -2.27. The number of thioether (sulfide) groups is 1. The van der Waals surface area contributed by atoms with Crippen LogP contribution in [0.1, 0.15) is 17.8 Å². The zero-order chi connectivity index (χ0) is 15.2. The molecular formula is C15H16ClNO2S2. The highest BCUT2D eigenvalue weighted by Gasteiger charge is 2.11. The molecule has 1 heterocycles. The van der Waals surface area contributed by atoms with E-state index in [0.717, 1.165) is 19.9 Å². The molecule has 0 aliphatic rings. The van der Waals surface area contributed by atoms with E-state index >= 15 is 0 Å². The molecule has 1 atom stereocenters. The van der Waals surface area contributed by atoms with E-state index in [4.69, 9.17) is 16.3 Å². The van der Waals surface area contributed by atoms with Crippen molar-refractivity contribution in [2.24, 2.45) is 0 Å². The molecule has 1 unspecified atom stereocenters. The van der Waals surface area contributed by atoms with Crippen LogP contribution < -0.4 is 10.1 Å². The van der Waals surface area contributed by atoms with Gasteiger partial charge in [-0.1, -0.05) is 11.6 Å². The number of hydrogen-bond acceptors (Lipinski definition) is 4. The predicted molar refractivity (Wildman–Crippen MR) is 89.6 cm³/mol. The number of carbonyl (C=O) groups is 1. The molecule has 0 saturated heterocycles. The van der Waals surface area contributed by atoms with Gasteiger partial charge in [-0.25, -0.2) is 0 Å². The fourth-order valence-electron chi connectivity index (χ4n) is 1.74. The van der Waals surface area contributed by atoms with Crippen molar-refractivity contribution >= 4 is 40.6 Å². The Bertz CT molecular complexity index is 598. The van der Waals surface area contributed by atoms with Crippen LogP contribution in [0.15, 0.2) is 41.3 Å². The molecule has 3 nitrogen and oxygen atoms in total. The van der Waals surface area contributed by atoms with Gasteiger partial charge in [0.15, 0.2) is 0 Å². The summed E-state index contributed by atoms with van der Waals surface area (Å²) in [7, 11) is 1.63. The molecule has 1 aromatic heterocycles. The summed E-state index contributed by atoms with van der Waals surface area (Å²) < 4.78 is 5.84. The van der Waals surface area contributed by atoms with E-state index in [1.165, 1.54) is 23.1 Å². The van der Waals surface area contributed by atoms with Crippen molar-refractivity contribution in [3.05, 3.63) is 45.6 Å². The lowest BCUT2D eigenvalue weighted by atomic mass is 10.3.